The van der Waals surface area contributed by atoms with Crippen LogP contribution < -0.4 is 5.32 Å². The minimum absolute atomic E-state index is 0.216. The number of ether oxygens (including phenoxy) is 1. The molecule has 0 saturated heterocycles. The summed E-state index contributed by atoms with van der Waals surface area (Å²) in [5, 5.41) is 16.7. The van der Waals surface area contributed by atoms with Gasteiger partial charge in [0.05, 0.1) is 17.5 Å². The molecule has 1 saturated carbocycles. The number of para-hydroxylation sites is 1. The lowest BCUT2D eigenvalue weighted by molar-refractivity contribution is -0.125. The van der Waals surface area contributed by atoms with Gasteiger partial charge in [0.2, 0.25) is 0 Å². The molecule has 0 spiro atoms. The quantitative estimate of drug-likeness (QED) is 0.621. The van der Waals surface area contributed by atoms with Crippen LogP contribution in [0.5, 0.6) is 0 Å². The molecule has 0 unspecified atom stereocenters. The lowest BCUT2D eigenvalue weighted by Gasteiger charge is -2.21. The lowest BCUT2D eigenvalue weighted by atomic mass is 10.00. The van der Waals surface area contributed by atoms with Crippen molar-refractivity contribution in [2.24, 2.45) is 0 Å². The van der Waals surface area contributed by atoms with E-state index < -0.39 is 24.0 Å². The van der Waals surface area contributed by atoms with E-state index in [0.717, 1.165) is 18.4 Å². The molecule has 0 bridgehead atoms. The van der Waals surface area contributed by atoms with Crippen molar-refractivity contribution in [3.05, 3.63) is 72.4 Å². The normalized spacial score (nSPS) is 14.5. The zero-order valence-corrected chi connectivity index (χ0v) is 17.0. The second-order valence-corrected chi connectivity index (χ2v) is 7.55. The molecule has 1 amide bonds. The summed E-state index contributed by atoms with van der Waals surface area (Å²) in [6.07, 6.45) is 3.02. The summed E-state index contributed by atoms with van der Waals surface area (Å²) in [5.74, 6) is -1.14. The molecule has 1 N–H and O–H groups in total. The first-order valence-electron chi connectivity index (χ1n) is 10.2. The Labute approximate surface area is 180 Å². The minimum Gasteiger partial charge on any atom is -0.451 e. The predicted molar refractivity (Wildman–Crippen MR) is 114 cm³/mol. The molecule has 2 aromatic carbocycles. The van der Waals surface area contributed by atoms with Crippen molar-refractivity contribution in [3.8, 4) is 23.0 Å². The number of nitrogens with one attached hydrogen (secondary N) is 1. The Balaban J connectivity index is 1.53. The minimum atomic E-state index is -0.851. The Morgan fingerprint density at radius 1 is 1.06 bits per heavy atom. The van der Waals surface area contributed by atoms with Gasteiger partial charge in [0, 0.05) is 5.56 Å². The van der Waals surface area contributed by atoms with Gasteiger partial charge in [-0.15, -0.1) is 0 Å². The first-order chi connectivity index (χ1) is 15.1. The maximum atomic E-state index is 12.8. The third-order valence-electron chi connectivity index (χ3n) is 5.37. The SMILES string of the molecule is N#CC1(NC(=O)COC(=O)c2cc(-c3ccccc3)nn2-c2ccccc2)CCCC1. The number of hydrogen-bond donors (Lipinski definition) is 1. The number of nitrogens with zero attached hydrogens (tertiary/aromatic N) is 3. The molecular weight excluding hydrogens is 392 g/mol. The van der Waals surface area contributed by atoms with Crippen molar-refractivity contribution in [2.75, 3.05) is 6.61 Å². The first kappa shape index (κ1) is 20.4. The van der Waals surface area contributed by atoms with Crippen LogP contribution >= 0.6 is 0 Å². The third-order valence-corrected chi connectivity index (χ3v) is 5.37. The summed E-state index contributed by atoms with van der Waals surface area (Å²) in [7, 11) is 0. The van der Waals surface area contributed by atoms with Crippen LogP contribution in [-0.4, -0.2) is 33.8 Å². The van der Waals surface area contributed by atoms with E-state index in [1.807, 2.05) is 60.7 Å². The fourth-order valence-electron chi connectivity index (χ4n) is 3.79. The van der Waals surface area contributed by atoms with Gasteiger partial charge in [-0.1, -0.05) is 48.5 Å². The number of benzene rings is 2. The maximum Gasteiger partial charge on any atom is 0.357 e. The van der Waals surface area contributed by atoms with E-state index >= 15 is 0 Å². The van der Waals surface area contributed by atoms with Gasteiger partial charge < -0.3 is 10.1 Å². The van der Waals surface area contributed by atoms with Crippen molar-refractivity contribution >= 4 is 11.9 Å². The van der Waals surface area contributed by atoms with E-state index in [1.54, 1.807) is 6.07 Å². The van der Waals surface area contributed by atoms with Crippen LogP contribution in [0.1, 0.15) is 36.2 Å². The number of carbonyl (C=O) groups is 2. The van der Waals surface area contributed by atoms with Crippen LogP contribution in [0.4, 0.5) is 0 Å². The number of esters is 1. The predicted octanol–water partition coefficient (Wildman–Crippen LogP) is 3.65. The molecular formula is C24H22N4O3. The molecule has 7 nitrogen and oxygen atoms in total. The number of rotatable bonds is 6. The zero-order valence-electron chi connectivity index (χ0n) is 17.0. The summed E-state index contributed by atoms with van der Waals surface area (Å²) < 4.78 is 6.79. The van der Waals surface area contributed by atoms with Crippen molar-refractivity contribution < 1.29 is 14.3 Å². The third kappa shape index (κ3) is 4.48. The van der Waals surface area contributed by atoms with E-state index in [9.17, 15) is 14.9 Å². The van der Waals surface area contributed by atoms with Crippen LogP contribution in [0.3, 0.4) is 0 Å². The average molecular weight is 414 g/mol. The molecule has 4 rings (SSSR count). The first-order valence-corrected chi connectivity index (χ1v) is 10.2. The summed E-state index contributed by atoms with van der Waals surface area (Å²) >= 11 is 0. The van der Waals surface area contributed by atoms with Crippen LogP contribution in [0.2, 0.25) is 0 Å². The molecule has 156 valence electrons. The standard InChI is InChI=1S/C24H22N4O3/c25-17-24(13-7-8-14-24)26-22(29)16-31-23(30)21-15-20(18-9-3-1-4-10-18)27-28(21)19-11-5-2-6-12-19/h1-6,9-12,15H,7-8,13-14,16H2,(H,26,29). The van der Waals surface area contributed by atoms with E-state index in [1.165, 1.54) is 4.68 Å². The second-order valence-electron chi connectivity index (χ2n) is 7.55. The highest BCUT2D eigenvalue weighted by molar-refractivity contribution is 5.91. The molecule has 1 fully saturated rings. The van der Waals surface area contributed by atoms with Gasteiger partial charge in [-0.25, -0.2) is 9.48 Å². The molecule has 1 aliphatic rings. The summed E-state index contributed by atoms with van der Waals surface area (Å²) in [6.45, 7) is -0.455. The molecule has 1 aliphatic carbocycles. The molecule has 1 heterocycles. The van der Waals surface area contributed by atoms with Crippen LogP contribution in [0.15, 0.2) is 66.7 Å². The van der Waals surface area contributed by atoms with Crippen LogP contribution in [0.25, 0.3) is 16.9 Å². The van der Waals surface area contributed by atoms with Crippen molar-refractivity contribution in [1.82, 2.24) is 15.1 Å². The monoisotopic (exact) mass is 414 g/mol. The average Bonchev–Trinajstić information content (AvgIpc) is 3.47. The number of nitriles is 1. The maximum absolute atomic E-state index is 12.8. The van der Waals surface area contributed by atoms with Gasteiger partial charge >= 0.3 is 5.97 Å². The molecule has 7 heteroatoms. The summed E-state index contributed by atoms with van der Waals surface area (Å²) in [4.78, 5) is 25.2. The van der Waals surface area contributed by atoms with Gasteiger partial charge in [0.15, 0.2) is 12.3 Å². The summed E-state index contributed by atoms with van der Waals surface area (Å²) in [5.41, 5.74) is 1.55. The zero-order chi connectivity index (χ0) is 21.7. The fourth-order valence-corrected chi connectivity index (χ4v) is 3.79. The second kappa shape index (κ2) is 8.84. The molecule has 3 aromatic rings. The highest BCUT2D eigenvalue weighted by Crippen LogP contribution is 2.28. The van der Waals surface area contributed by atoms with Gasteiger partial charge in [0.1, 0.15) is 5.54 Å². The fraction of sp³-hybridized carbons (Fsp3) is 0.250. The Kier molecular flexibility index (Phi) is 5.80. The largest absolute Gasteiger partial charge is 0.451 e. The number of carbonyl (C=O) groups excluding carboxylic acids is 2. The Morgan fingerprint density at radius 3 is 2.35 bits per heavy atom. The molecule has 0 radical (unpaired) electrons. The van der Waals surface area contributed by atoms with Gasteiger partial charge in [-0.2, -0.15) is 10.4 Å². The van der Waals surface area contributed by atoms with Crippen molar-refractivity contribution in [3.63, 3.8) is 0 Å². The van der Waals surface area contributed by atoms with Gasteiger partial charge in [-0.3, -0.25) is 4.79 Å². The Morgan fingerprint density at radius 2 is 1.71 bits per heavy atom. The van der Waals surface area contributed by atoms with Crippen LogP contribution in [-0.2, 0) is 9.53 Å². The molecule has 0 aliphatic heterocycles. The van der Waals surface area contributed by atoms with Crippen molar-refractivity contribution in [1.29, 1.82) is 5.26 Å². The topological polar surface area (TPSA) is 97.0 Å². The smallest absolute Gasteiger partial charge is 0.357 e. The summed E-state index contributed by atoms with van der Waals surface area (Å²) in [6, 6.07) is 22.6. The van der Waals surface area contributed by atoms with E-state index in [2.05, 4.69) is 16.5 Å². The Bertz CT molecular complexity index is 1110. The van der Waals surface area contributed by atoms with Gasteiger partial charge in [-0.05, 0) is 43.9 Å². The van der Waals surface area contributed by atoms with Crippen molar-refractivity contribution in [2.45, 2.75) is 31.2 Å². The molecule has 1 aromatic heterocycles. The van der Waals surface area contributed by atoms with E-state index in [-0.39, 0.29) is 5.69 Å². The molecule has 31 heavy (non-hydrogen) atoms. The molecule has 0 atom stereocenters. The van der Waals surface area contributed by atoms with E-state index in [0.29, 0.717) is 24.2 Å². The number of hydrogen-bond acceptors (Lipinski definition) is 5. The van der Waals surface area contributed by atoms with Crippen LogP contribution in [0, 0.1) is 11.3 Å². The number of aromatic nitrogens is 2. The lowest BCUT2D eigenvalue weighted by Crippen LogP contribution is -2.46. The highest BCUT2D eigenvalue weighted by Gasteiger charge is 2.35. The number of amides is 1. The van der Waals surface area contributed by atoms with E-state index in [4.69, 9.17) is 4.74 Å². The highest BCUT2D eigenvalue weighted by atomic mass is 16.5. The Hall–Kier alpha value is -3.92. The van der Waals surface area contributed by atoms with Gasteiger partial charge in [0.25, 0.3) is 5.91 Å².